The van der Waals surface area contributed by atoms with E-state index in [4.69, 9.17) is 10.1 Å². The monoisotopic (exact) mass is 444 g/mol. The van der Waals surface area contributed by atoms with Gasteiger partial charge in [0.2, 0.25) is 0 Å². The third-order valence-electron chi connectivity index (χ3n) is 6.40. The predicted molar refractivity (Wildman–Crippen MR) is 134 cm³/mol. The van der Waals surface area contributed by atoms with Crippen LogP contribution in [0.2, 0.25) is 0 Å². The van der Waals surface area contributed by atoms with Gasteiger partial charge in [-0.3, -0.25) is 0 Å². The summed E-state index contributed by atoms with van der Waals surface area (Å²) in [6, 6.07) is 29.1. The van der Waals surface area contributed by atoms with Crippen LogP contribution in [0.15, 0.2) is 84.9 Å². The topological polar surface area (TPSA) is 61.4 Å². The molecule has 0 fully saturated rings. The molecule has 166 valence electrons. The molecule has 34 heavy (non-hydrogen) atoms. The second-order valence-electron chi connectivity index (χ2n) is 8.60. The van der Waals surface area contributed by atoms with Gasteiger partial charge in [0.05, 0.1) is 11.2 Å². The molecule has 0 radical (unpaired) electrons. The van der Waals surface area contributed by atoms with Gasteiger partial charge in [0.15, 0.2) is 5.65 Å². The van der Waals surface area contributed by atoms with Crippen LogP contribution in [0.25, 0.3) is 28.0 Å². The molecule has 6 aromatic rings. The van der Waals surface area contributed by atoms with Crippen molar-refractivity contribution >= 4 is 22.1 Å². The van der Waals surface area contributed by atoms with E-state index in [1.165, 1.54) is 16.7 Å². The van der Waals surface area contributed by atoms with E-state index in [0.717, 1.165) is 39.9 Å². The van der Waals surface area contributed by atoms with Crippen LogP contribution in [0, 0.1) is 13.8 Å². The Morgan fingerprint density at radius 3 is 2.18 bits per heavy atom. The molecule has 3 heterocycles. The fraction of sp³-hybridized carbons (Fsp3) is 0.143. The van der Waals surface area contributed by atoms with E-state index in [1.54, 1.807) is 0 Å². The van der Waals surface area contributed by atoms with Crippen molar-refractivity contribution in [3.05, 3.63) is 113 Å². The van der Waals surface area contributed by atoms with Crippen LogP contribution in [-0.2, 0) is 13.0 Å². The lowest BCUT2D eigenvalue weighted by molar-refractivity contribution is 0.747. The summed E-state index contributed by atoms with van der Waals surface area (Å²) in [6.45, 7) is 4.82. The molecule has 6 nitrogen and oxygen atoms in total. The van der Waals surface area contributed by atoms with Crippen molar-refractivity contribution in [3.63, 3.8) is 0 Å². The van der Waals surface area contributed by atoms with Crippen molar-refractivity contribution in [1.82, 2.24) is 29.5 Å². The molecule has 0 saturated heterocycles. The van der Waals surface area contributed by atoms with Crippen molar-refractivity contribution in [2.75, 3.05) is 0 Å². The lowest BCUT2D eigenvalue weighted by Crippen LogP contribution is -2.09. The molecule has 0 unspecified atom stereocenters. The third-order valence-corrected chi connectivity index (χ3v) is 6.40. The average Bonchev–Trinajstić information content (AvgIpc) is 3.34. The van der Waals surface area contributed by atoms with E-state index in [-0.39, 0.29) is 0 Å². The second kappa shape index (κ2) is 8.23. The molecule has 0 aliphatic carbocycles. The average molecular weight is 445 g/mol. The Bertz CT molecular complexity index is 1610. The zero-order valence-corrected chi connectivity index (χ0v) is 19.2. The molecule has 0 atom stereocenters. The van der Waals surface area contributed by atoms with Crippen LogP contribution in [-0.4, -0.2) is 29.5 Å². The molecule has 0 amide bonds. The van der Waals surface area contributed by atoms with Gasteiger partial charge in [-0.2, -0.15) is 10.1 Å². The highest BCUT2D eigenvalue weighted by Gasteiger charge is 2.19. The Morgan fingerprint density at radius 1 is 0.735 bits per heavy atom. The highest BCUT2D eigenvalue weighted by molar-refractivity contribution is 6.04. The molecule has 0 bridgehead atoms. The maximum Gasteiger partial charge on any atom is 0.272 e. The lowest BCUT2D eigenvalue weighted by Gasteiger charge is -2.08. The van der Waals surface area contributed by atoms with Crippen molar-refractivity contribution in [2.24, 2.45) is 0 Å². The minimum atomic E-state index is 0.490. The van der Waals surface area contributed by atoms with E-state index >= 15 is 0 Å². The summed E-state index contributed by atoms with van der Waals surface area (Å²) in [5, 5.41) is 15.0. The molecule has 0 N–H and O–H groups in total. The van der Waals surface area contributed by atoms with E-state index in [9.17, 15) is 0 Å². The molecule has 0 aliphatic heterocycles. The summed E-state index contributed by atoms with van der Waals surface area (Å²) in [7, 11) is 0. The highest BCUT2D eigenvalue weighted by atomic mass is 15.4. The van der Waals surface area contributed by atoms with E-state index < -0.39 is 0 Å². The number of para-hydroxylation sites is 1. The predicted octanol–water partition coefficient (Wildman–Crippen LogP) is 5.42. The maximum atomic E-state index is 4.99. The number of rotatable bonds is 5. The summed E-state index contributed by atoms with van der Waals surface area (Å²) in [5.74, 6) is 0.490. The third kappa shape index (κ3) is 3.44. The van der Waals surface area contributed by atoms with Crippen LogP contribution in [0.5, 0.6) is 0 Å². The Morgan fingerprint density at radius 2 is 1.41 bits per heavy atom. The quantitative estimate of drug-likeness (QED) is 0.356. The van der Waals surface area contributed by atoms with E-state index in [1.807, 2.05) is 35.9 Å². The summed E-state index contributed by atoms with van der Waals surface area (Å²) in [5.41, 5.74) is 8.39. The second-order valence-corrected chi connectivity index (χ2v) is 8.60. The minimum absolute atomic E-state index is 0.490. The van der Waals surface area contributed by atoms with Crippen LogP contribution >= 0.6 is 0 Å². The SMILES string of the molecule is Cc1nn(-c2nnc3c4ccccc4n(Cc4ccccc4)c3n2)c(C)c1Cc1ccccc1. The van der Waals surface area contributed by atoms with Crippen molar-refractivity contribution in [1.29, 1.82) is 0 Å². The minimum Gasteiger partial charge on any atom is -0.319 e. The first-order valence-electron chi connectivity index (χ1n) is 11.4. The normalized spacial score (nSPS) is 11.5. The van der Waals surface area contributed by atoms with Gasteiger partial charge in [0.25, 0.3) is 5.95 Å². The molecular formula is C28H24N6. The van der Waals surface area contributed by atoms with Crippen LogP contribution in [0.4, 0.5) is 0 Å². The van der Waals surface area contributed by atoms with Gasteiger partial charge in [-0.15, -0.1) is 10.2 Å². The highest BCUT2D eigenvalue weighted by Crippen LogP contribution is 2.28. The molecule has 3 aromatic carbocycles. The van der Waals surface area contributed by atoms with Gasteiger partial charge in [0, 0.05) is 29.6 Å². The van der Waals surface area contributed by atoms with Crippen molar-refractivity contribution in [2.45, 2.75) is 26.8 Å². The maximum absolute atomic E-state index is 4.99. The van der Waals surface area contributed by atoms with Gasteiger partial charge in [0.1, 0.15) is 5.52 Å². The van der Waals surface area contributed by atoms with Crippen molar-refractivity contribution < 1.29 is 0 Å². The zero-order valence-electron chi connectivity index (χ0n) is 19.2. The number of benzene rings is 3. The Balaban J connectivity index is 1.49. The first-order valence-corrected chi connectivity index (χ1v) is 11.4. The molecule has 6 heteroatoms. The fourth-order valence-corrected chi connectivity index (χ4v) is 4.64. The largest absolute Gasteiger partial charge is 0.319 e. The molecule has 0 aliphatic rings. The summed E-state index contributed by atoms with van der Waals surface area (Å²) < 4.78 is 4.04. The number of hydrogen-bond acceptors (Lipinski definition) is 4. The smallest absolute Gasteiger partial charge is 0.272 e. The number of hydrogen-bond donors (Lipinski definition) is 0. The van der Waals surface area contributed by atoms with Gasteiger partial charge < -0.3 is 4.57 Å². The molecule has 0 saturated carbocycles. The fourth-order valence-electron chi connectivity index (χ4n) is 4.64. The summed E-state index contributed by atoms with van der Waals surface area (Å²) in [6.07, 6.45) is 0.822. The lowest BCUT2D eigenvalue weighted by atomic mass is 10.0. The first-order chi connectivity index (χ1) is 16.7. The molecule has 6 rings (SSSR count). The van der Waals surface area contributed by atoms with Gasteiger partial charge in [-0.25, -0.2) is 4.68 Å². The summed E-state index contributed by atoms with van der Waals surface area (Å²) in [4.78, 5) is 4.99. The van der Waals surface area contributed by atoms with Crippen LogP contribution < -0.4 is 0 Å². The van der Waals surface area contributed by atoms with E-state index in [2.05, 4.69) is 82.4 Å². The van der Waals surface area contributed by atoms with Crippen LogP contribution in [0.1, 0.15) is 28.1 Å². The number of fused-ring (bicyclic) bond motifs is 3. The number of aromatic nitrogens is 6. The zero-order chi connectivity index (χ0) is 23.1. The summed E-state index contributed by atoms with van der Waals surface area (Å²) >= 11 is 0. The number of nitrogens with zero attached hydrogens (tertiary/aromatic N) is 6. The Labute approximate surface area is 197 Å². The number of aryl methyl sites for hydroxylation is 1. The van der Waals surface area contributed by atoms with Crippen molar-refractivity contribution in [3.8, 4) is 5.95 Å². The Kier molecular flexibility index (Phi) is 4.91. The van der Waals surface area contributed by atoms with Gasteiger partial charge in [-0.05, 0) is 31.0 Å². The van der Waals surface area contributed by atoms with Gasteiger partial charge >= 0.3 is 0 Å². The molecule has 0 spiro atoms. The molecular weight excluding hydrogens is 420 g/mol. The first kappa shape index (κ1) is 20.3. The van der Waals surface area contributed by atoms with Crippen LogP contribution in [0.3, 0.4) is 0 Å². The standard InChI is InChI=1S/C28H24N6/c1-19-24(17-21-11-5-3-6-12-21)20(2)34(32-19)28-29-27-26(30-31-28)23-15-9-10-16-25(23)33(27)18-22-13-7-4-8-14-22/h3-16H,17-18H2,1-2H3. The molecule has 3 aromatic heterocycles. The van der Waals surface area contributed by atoms with E-state index in [0.29, 0.717) is 12.5 Å². The Hall–Kier alpha value is -4.32. The van der Waals surface area contributed by atoms with Gasteiger partial charge in [-0.1, -0.05) is 78.9 Å².